The number of aryl methyl sites for hydroxylation is 1. The molecule has 5 heteroatoms. The number of para-hydroxylation sites is 2. The van der Waals surface area contributed by atoms with E-state index in [1.54, 1.807) is 6.07 Å². The summed E-state index contributed by atoms with van der Waals surface area (Å²) in [6.45, 7) is 1.92. The number of rotatable bonds is 2. The number of benzene rings is 2. The number of hydrogen-bond donors (Lipinski definition) is 1. The van der Waals surface area contributed by atoms with Crippen molar-refractivity contribution in [3.05, 3.63) is 48.0 Å². The Labute approximate surface area is 110 Å². The molecule has 0 radical (unpaired) electrons. The molecule has 1 aromatic heterocycles. The highest BCUT2D eigenvalue weighted by atomic mass is 16.5. The van der Waals surface area contributed by atoms with E-state index in [1.165, 1.54) is 0 Å². The summed E-state index contributed by atoms with van der Waals surface area (Å²) in [5.74, 6) is 0.539. The first-order chi connectivity index (χ1) is 9.24. The Morgan fingerprint density at radius 1 is 0.947 bits per heavy atom. The second-order valence-corrected chi connectivity index (χ2v) is 4.17. The molecule has 0 fully saturated rings. The van der Waals surface area contributed by atoms with Crippen molar-refractivity contribution < 1.29 is 4.74 Å². The number of anilines is 1. The first-order valence-corrected chi connectivity index (χ1v) is 5.86. The molecule has 0 aliphatic heterocycles. The fourth-order valence-corrected chi connectivity index (χ4v) is 1.75. The third-order valence-electron chi connectivity index (χ3n) is 2.83. The molecule has 2 aromatic carbocycles. The van der Waals surface area contributed by atoms with Crippen LogP contribution in [0.4, 0.5) is 5.69 Å². The van der Waals surface area contributed by atoms with E-state index < -0.39 is 0 Å². The predicted octanol–water partition coefficient (Wildman–Crippen LogP) is 2.71. The zero-order valence-electron chi connectivity index (χ0n) is 10.4. The van der Waals surface area contributed by atoms with Gasteiger partial charge in [-0.1, -0.05) is 29.4 Å². The van der Waals surface area contributed by atoms with Gasteiger partial charge in [0.2, 0.25) is 0 Å². The Kier molecular flexibility index (Phi) is 2.72. The van der Waals surface area contributed by atoms with Gasteiger partial charge in [0.25, 0.3) is 0 Å². The molecule has 1 heterocycles. The van der Waals surface area contributed by atoms with Crippen LogP contribution in [0.15, 0.2) is 42.5 Å². The normalized spacial score (nSPS) is 10.6. The van der Waals surface area contributed by atoms with Gasteiger partial charge in [0.05, 0.1) is 11.2 Å². The van der Waals surface area contributed by atoms with Crippen LogP contribution in [0, 0.1) is 6.92 Å². The van der Waals surface area contributed by atoms with Crippen molar-refractivity contribution in [3.63, 3.8) is 0 Å². The maximum absolute atomic E-state index is 5.94. The van der Waals surface area contributed by atoms with E-state index in [-0.39, 0.29) is 6.01 Å². The van der Waals surface area contributed by atoms with Crippen LogP contribution in [0.2, 0.25) is 0 Å². The minimum absolute atomic E-state index is 0.191. The van der Waals surface area contributed by atoms with Crippen molar-refractivity contribution in [3.8, 4) is 11.8 Å². The topological polar surface area (TPSA) is 73.9 Å². The number of hydrogen-bond acceptors (Lipinski definition) is 5. The molecule has 94 valence electrons. The number of aromatic nitrogens is 3. The highest BCUT2D eigenvalue weighted by molar-refractivity contribution is 5.73. The molecule has 0 amide bonds. The predicted molar refractivity (Wildman–Crippen MR) is 73.0 cm³/mol. The van der Waals surface area contributed by atoms with Crippen molar-refractivity contribution in [1.29, 1.82) is 0 Å². The lowest BCUT2D eigenvalue weighted by Gasteiger charge is -2.08. The Morgan fingerprint density at radius 2 is 1.74 bits per heavy atom. The molecule has 0 saturated heterocycles. The Balaban J connectivity index is 1.99. The molecule has 0 unspecified atom stereocenters. The third-order valence-corrected chi connectivity index (χ3v) is 2.83. The quantitative estimate of drug-likeness (QED) is 0.710. The van der Waals surface area contributed by atoms with Crippen LogP contribution in [0.3, 0.4) is 0 Å². The van der Waals surface area contributed by atoms with Gasteiger partial charge in [0, 0.05) is 0 Å². The lowest BCUT2D eigenvalue weighted by molar-refractivity contribution is 0.438. The van der Waals surface area contributed by atoms with Gasteiger partial charge in [-0.15, -0.1) is 5.10 Å². The van der Waals surface area contributed by atoms with Gasteiger partial charge in [-0.25, -0.2) is 0 Å². The van der Waals surface area contributed by atoms with E-state index in [1.807, 2.05) is 43.3 Å². The van der Waals surface area contributed by atoms with Crippen LogP contribution in [-0.2, 0) is 0 Å². The number of nitrogen functional groups attached to an aromatic ring is 1. The van der Waals surface area contributed by atoms with Crippen molar-refractivity contribution in [2.24, 2.45) is 0 Å². The standard InChI is InChI=1S/C14H12N4O/c1-9-5-4-8-12(13(9)15)19-14-16-10-6-2-3-7-11(10)17-18-14/h2-8H,15H2,1H3. The summed E-state index contributed by atoms with van der Waals surface area (Å²) >= 11 is 0. The molecular formula is C14H12N4O. The van der Waals surface area contributed by atoms with Gasteiger partial charge >= 0.3 is 6.01 Å². The fraction of sp³-hybridized carbons (Fsp3) is 0.0714. The number of ether oxygens (including phenoxy) is 1. The number of nitrogens with zero attached hydrogens (tertiary/aromatic N) is 3. The third kappa shape index (κ3) is 2.18. The second kappa shape index (κ2) is 4.53. The Bertz CT molecular complexity index is 742. The molecule has 5 nitrogen and oxygen atoms in total. The molecule has 0 aliphatic rings. The van der Waals surface area contributed by atoms with Crippen LogP contribution >= 0.6 is 0 Å². The molecule has 0 saturated carbocycles. The zero-order chi connectivity index (χ0) is 13.2. The molecule has 3 rings (SSSR count). The smallest absolute Gasteiger partial charge is 0.341 e. The van der Waals surface area contributed by atoms with E-state index >= 15 is 0 Å². The monoisotopic (exact) mass is 252 g/mol. The minimum Gasteiger partial charge on any atom is -0.421 e. The van der Waals surface area contributed by atoms with Gasteiger partial charge in [-0.3, -0.25) is 0 Å². The molecule has 3 aromatic rings. The Hall–Kier alpha value is -2.69. The van der Waals surface area contributed by atoms with Gasteiger partial charge in [-0.2, -0.15) is 4.98 Å². The van der Waals surface area contributed by atoms with Crippen LogP contribution < -0.4 is 10.5 Å². The SMILES string of the molecule is Cc1cccc(Oc2nnc3ccccc3n2)c1N. The summed E-state index contributed by atoms with van der Waals surface area (Å²) in [6.07, 6.45) is 0. The molecular weight excluding hydrogens is 240 g/mol. The first-order valence-electron chi connectivity index (χ1n) is 5.86. The summed E-state index contributed by atoms with van der Waals surface area (Å²) < 4.78 is 5.59. The maximum Gasteiger partial charge on any atom is 0.341 e. The maximum atomic E-state index is 5.94. The van der Waals surface area contributed by atoms with E-state index in [9.17, 15) is 0 Å². The summed E-state index contributed by atoms with van der Waals surface area (Å²) in [5, 5.41) is 7.99. The van der Waals surface area contributed by atoms with Gasteiger partial charge in [0.1, 0.15) is 5.52 Å². The van der Waals surface area contributed by atoms with Crippen LogP contribution in [-0.4, -0.2) is 15.2 Å². The molecule has 19 heavy (non-hydrogen) atoms. The van der Waals surface area contributed by atoms with Gasteiger partial charge < -0.3 is 10.5 Å². The van der Waals surface area contributed by atoms with Crippen LogP contribution in [0.1, 0.15) is 5.56 Å². The average molecular weight is 252 g/mol. The average Bonchev–Trinajstić information content (AvgIpc) is 2.44. The molecule has 2 N–H and O–H groups in total. The molecule has 0 bridgehead atoms. The molecule has 0 aliphatic carbocycles. The van der Waals surface area contributed by atoms with Gasteiger partial charge in [-0.05, 0) is 30.7 Å². The lowest BCUT2D eigenvalue weighted by Crippen LogP contribution is -1.99. The first kappa shape index (κ1) is 11.4. The summed E-state index contributed by atoms with van der Waals surface area (Å²) in [4.78, 5) is 4.29. The second-order valence-electron chi connectivity index (χ2n) is 4.17. The highest BCUT2D eigenvalue weighted by Crippen LogP contribution is 2.27. The number of nitrogens with two attached hydrogens (primary N) is 1. The highest BCUT2D eigenvalue weighted by Gasteiger charge is 2.07. The molecule has 0 spiro atoms. The summed E-state index contributed by atoms with van der Waals surface area (Å²) in [5.41, 5.74) is 8.94. The van der Waals surface area contributed by atoms with Crippen molar-refractivity contribution in [2.75, 3.05) is 5.73 Å². The summed E-state index contributed by atoms with van der Waals surface area (Å²) in [6, 6.07) is 13.2. The largest absolute Gasteiger partial charge is 0.421 e. The fourth-order valence-electron chi connectivity index (χ4n) is 1.75. The summed E-state index contributed by atoms with van der Waals surface area (Å²) in [7, 11) is 0. The van der Waals surface area contributed by atoms with E-state index in [0.717, 1.165) is 16.6 Å². The Morgan fingerprint density at radius 3 is 2.58 bits per heavy atom. The van der Waals surface area contributed by atoms with Crippen molar-refractivity contribution in [2.45, 2.75) is 6.92 Å². The van der Waals surface area contributed by atoms with Gasteiger partial charge in [0.15, 0.2) is 5.75 Å². The van der Waals surface area contributed by atoms with Crippen LogP contribution in [0.5, 0.6) is 11.8 Å². The van der Waals surface area contributed by atoms with Crippen molar-refractivity contribution >= 4 is 16.7 Å². The van der Waals surface area contributed by atoms with E-state index in [4.69, 9.17) is 10.5 Å². The number of fused-ring (bicyclic) bond motifs is 1. The van der Waals surface area contributed by atoms with E-state index in [0.29, 0.717) is 11.4 Å². The van der Waals surface area contributed by atoms with Crippen LogP contribution in [0.25, 0.3) is 11.0 Å². The van der Waals surface area contributed by atoms with Crippen molar-refractivity contribution in [1.82, 2.24) is 15.2 Å². The lowest BCUT2D eigenvalue weighted by atomic mass is 10.2. The van der Waals surface area contributed by atoms with E-state index in [2.05, 4.69) is 15.2 Å². The zero-order valence-corrected chi connectivity index (χ0v) is 10.4. The minimum atomic E-state index is 0.191. The molecule has 0 atom stereocenters.